The number of likely N-dealkylation sites (tertiary alicyclic amines) is 1. The molecule has 1 aliphatic heterocycles. The molecule has 32 heavy (non-hydrogen) atoms. The number of fused-ring (bicyclic) bond motifs is 3. The second kappa shape index (κ2) is 8.64. The van der Waals surface area contributed by atoms with Gasteiger partial charge in [-0.3, -0.25) is 9.47 Å². The van der Waals surface area contributed by atoms with Gasteiger partial charge in [0.2, 0.25) is 0 Å². The molecule has 0 atom stereocenters. The van der Waals surface area contributed by atoms with Crippen LogP contribution in [0.3, 0.4) is 0 Å². The quantitative estimate of drug-likeness (QED) is 0.449. The van der Waals surface area contributed by atoms with Gasteiger partial charge in [-0.05, 0) is 30.5 Å². The standard InChI is InChI=1S/C22H25N7O3/c1-31-17-5-3-15(4-6-17)12-28-20-19(21-24-14-25-29(21)22(28)30)26-16(11-23-20)13-27-9-7-18(32-2)8-10-27/h3-6,11,14,18H,7-10,12-13H2,1-2H3. The maximum Gasteiger partial charge on any atom is 0.352 e. The van der Waals surface area contributed by atoms with Crippen LogP contribution in [0.5, 0.6) is 5.75 Å². The average molecular weight is 435 g/mol. The maximum atomic E-state index is 13.1. The Morgan fingerprint density at radius 2 is 1.81 bits per heavy atom. The van der Waals surface area contributed by atoms with Crippen LogP contribution < -0.4 is 10.4 Å². The zero-order valence-electron chi connectivity index (χ0n) is 18.1. The van der Waals surface area contributed by atoms with Crippen molar-refractivity contribution in [1.82, 2.24) is 34.0 Å². The van der Waals surface area contributed by atoms with E-state index in [2.05, 4.69) is 20.0 Å². The molecule has 1 saturated heterocycles. The van der Waals surface area contributed by atoms with Gasteiger partial charge >= 0.3 is 5.69 Å². The third kappa shape index (κ3) is 3.82. The lowest BCUT2D eigenvalue weighted by Gasteiger charge is -2.30. The molecule has 1 aromatic carbocycles. The average Bonchev–Trinajstić information content (AvgIpc) is 3.33. The third-order valence-electron chi connectivity index (χ3n) is 5.98. The minimum atomic E-state index is -0.301. The Morgan fingerprint density at radius 1 is 1.03 bits per heavy atom. The van der Waals surface area contributed by atoms with Crippen LogP contribution in [0.15, 0.2) is 41.6 Å². The maximum absolute atomic E-state index is 13.1. The van der Waals surface area contributed by atoms with Crippen LogP contribution in [0.1, 0.15) is 24.1 Å². The molecule has 0 aliphatic carbocycles. The van der Waals surface area contributed by atoms with Crippen molar-refractivity contribution in [2.45, 2.75) is 32.0 Å². The molecule has 5 rings (SSSR count). The van der Waals surface area contributed by atoms with E-state index in [1.807, 2.05) is 24.3 Å². The van der Waals surface area contributed by atoms with Gasteiger partial charge in [-0.2, -0.15) is 9.61 Å². The van der Waals surface area contributed by atoms with Crippen molar-refractivity contribution >= 4 is 16.8 Å². The predicted octanol–water partition coefficient (Wildman–Crippen LogP) is 1.50. The zero-order chi connectivity index (χ0) is 22.1. The SMILES string of the molecule is COc1ccc(Cn2c(=O)n3ncnc3c3nc(CN4CCC(OC)CC4)cnc32)cc1. The van der Waals surface area contributed by atoms with Gasteiger partial charge in [0.1, 0.15) is 12.1 Å². The molecular weight excluding hydrogens is 410 g/mol. The van der Waals surface area contributed by atoms with Crippen molar-refractivity contribution in [3.05, 3.63) is 58.5 Å². The van der Waals surface area contributed by atoms with Crippen LogP contribution >= 0.6 is 0 Å². The Kier molecular flexibility index (Phi) is 5.54. The fourth-order valence-electron chi connectivity index (χ4n) is 4.18. The van der Waals surface area contributed by atoms with Gasteiger partial charge in [0.05, 0.1) is 31.6 Å². The van der Waals surface area contributed by atoms with Crippen molar-refractivity contribution in [1.29, 1.82) is 0 Å². The molecule has 1 aliphatic rings. The van der Waals surface area contributed by atoms with Crippen LogP contribution in [0.4, 0.5) is 0 Å². The number of nitrogens with zero attached hydrogens (tertiary/aromatic N) is 7. The van der Waals surface area contributed by atoms with Crippen LogP contribution in [0.25, 0.3) is 16.8 Å². The number of methoxy groups -OCH3 is 2. The number of piperidine rings is 1. The van der Waals surface area contributed by atoms with E-state index in [0.29, 0.717) is 36.0 Å². The molecule has 10 nitrogen and oxygen atoms in total. The van der Waals surface area contributed by atoms with Gasteiger partial charge in [0.25, 0.3) is 0 Å². The molecule has 0 saturated carbocycles. The number of hydrogen-bond donors (Lipinski definition) is 0. The molecule has 4 heterocycles. The van der Waals surface area contributed by atoms with E-state index < -0.39 is 0 Å². The number of hydrogen-bond acceptors (Lipinski definition) is 8. The van der Waals surface area contributed by atoms with E-state index in [9.17, 15) is 4.79 Å². The Hall–Kier alpha value is -3.37. The van der Waals surface area contributed by atoms with Gasteiger partial charge in [0, 0.05) is 26.7 Å². The highest BCUT2D eigenvalue weighted by Gasteiger charge is 2.20. The molecular formula is C22H25N7O3. The highest BCUT2D eigenvalue weighted by molar-refractivity contribution is 5.84. The number of benzene rings is 1. The molecule has 10 heteroatoms. The smallest absolute Gasteiger partial charge is 0.352 e. The van der Waals surface area contributed by atoms with Crippen LogP contribution in [0.2, 0.25) is 0 Å². The first-order valence-electron chi connectivity index (χ1n) is 10.6. The van der Waals surface area contributed by atoms with Crippen molar-refractivity contribution in [2.24, 2.45) is 0 Å². The van der Waals surface area contributed by atoms with Crippen molar-refractivity contribution in [2.75, 3.05) is 27.3 Å². The molecule has 0 N–H and O–H groups in total. The fraction of sp³-hybridized carbons (Fsp3) is 0.409. The van der Waals surface area contributed by atoms with E-state index in [1.54, 1.807) is 25.0 Å². The second-order valence-corrected chi connectivity index (χ2v) is 7.96. The number of ether oxygens (including phenoxy) is 2. The fourth-order valence-corrected chi connectivity index (χ4v) is 4.18. The first kappa shape index (κ1) is 20.5. The highest BCUT2D eigenvalue weighted by atomic mass is 16.5. The summed E-state index contributed by atoms with van der Waals surface area (Å²) in [5, 5.41) is 4.12. The molecule has 166 valence electrons. The molecule has 0 bridgehead atoms. The van der Waals surface area contributed by atoms with Gasteiger partial charge in [-0.15, -0.1) is 0 Å². The summed E-state index contributed by atoms with van der Waals surface area (Å²) in [5.74, 6) is 0.761. The molecule has 4 aromatic rings. The molecule has 0 radical (unpaired) electrons. The normalized spacial score (nSPS) is 15.6. The van der Waals surface area contributed by atoms with Crippen molar-refractivity contribution in [3.63, 3.8) is 0 Å². The lowest BCUT2D eigenvalue weighted by molar-refractivity contribution is 0.0385. The Labute approximate surface area is 184 Å². The Bertz CT molecular complexity index is 1290. The first-order valence-corrected chi connectivity index (χ1v) is 10.6. The minimum absolute atomic E-state index is 0.301. The Balaban J connectivity index is 1.51. The Morgan fingerprint density at radius 3 is 2.53 bits per heavy atom. The number of aromatic nitrogens is 6. The van der Waals surface area contributed by atoms with Crippen LogP contribution in [-0.4, -0.2) is 67.4 Å². The topological polar surface area (TPSA) is 99.7 Å². The summed E-state index contributed by atoms with van der Waals surface area (Å²) < 4.78 is 13.6. The van der Waals surface area contributed by atoms with E-state index >= 15 is 0 Å². The lowest BCUT2D eigenvalue weighted by atomic mass is 10.1. The van der Waals surface area contributed by atoms with E-state index in [0.717, 1.165) is 42.9 Å². The largest absolute Gasteiger partial charge is 0.497 e. The molecule has 0 amide bonds. The summed E-state index contributed by atoms with van der Waals surface area (Å²) >= 11 is 0. The first-order chi connectivity index (χ1) is 15.7. The third-order valence-corrected chi connectivity index (χ3v) is 5.98. The summed E-state index contributed by atoms with van der Waals surface area (Å²) in [7, 11) is 3.39. The van der Waals surface area contributed by atoms with Crippen LogP contribution in [0, 0.1) is 0 Å². The van der Waals surface area contributed by atoms with Crippen molar-refractivity contribution < 1.29 is 9.47 Å². The van der Waals surface area contributed by atoms with Gasteiger partial charge in [-0.25, -0.2) is 19.7 Å². The lowest BCUT2D eigenvalue weighted by Crippen LogP contribution is -2.36. The monoisotopic (exact) mass is 435 g/mol. The predicted molar refractivity (Wildman–Crippen MR) is 118 cm³/mol. The van der Waals surface area contributed by atoms with Crippen LogP contribution in [-0.2, 0) is 17.8 Å². The minimum Gasteiger partial charge on any atom is -0.497 e. The van der Waals surface area contributed by atoms with Gasteiger partial charge in [-0.1, -0.05) is 12.1 Å². The summed E-state index contributed by atoms with van der Waals surface area (Å²) in [5.41, 5.74) is 2.97. The molecule has 0 spiro atoms. The molecule has 3 aromatic heterocycles. The van der Waals surface area contributed by atoms with E-state index in [1.165, 1.54) is 10.8 Å². The van der Waals surface area contributed by atoms with E-state index in [-0.39, 0.29) is 5.69 Å². The van der Waals surface area contributed by atoms with Gasteiger partial charge < -0.3 is 9.47 Å². The summed E-state index contributed by atoms with van der Waals surface area (Å²) in [6.45, 7) is 2.94. The van der Waals surface area contributed by atoms with E-state index in [4.69, 9.17) is 14.5 Å². The zero-order valence-corrected chi connectivity index (χ0v) is 18.1. The van der Waals surface area contributed by atoms with Gasteiger partial charge in [0.15, 0.2) is 16.8 Å². The molecule has 1 fully saturated rings. The highest BCUT2D eigenvalue weighted by Crippen LogP contribution is 2.18. The summed E-state index contributed by atoms with van der Waals surface area (Å²) in [6.07, 6.45) is 5.47. The second-order valence-electron chi connectivity index (χ2n) is 7.96. The number of rotatable bonds is 6. The summed E-state index contributed by atoms with van der Waals surface area (Å²) in [6, 6.07) is 7.59. The molecule has 0 unspecified atom stereocenters. The van der Waals surface area contributed by atoms with Crippen molar-refractivity contribution in [3.8, 4) is 5.75 Å². The summed E-state index contributed by atoms with van der Waals surface area (Å²) in [4.78, 5) is 29.2.